The number of hydrogen-bond donors (Lipinski definition) is 1. The molecule has 1 atom stereocenters. The van der Waals surface area contributed by atoms with Crippen LogP contribution >= 0.6 is 0 Å². The summed E-state index contributed by atoms with van der Waals surface area (Å²) in [6.45, 7) is 3.99. The molecule has 298 valence electrons. The second kappa shape index (κ2) is 42.8. The highest BCUT2D eigenvalue weighted by Crippen LogP contribution is 2.13. The molecule has 0 aromatic rings. The lowest BCUT2D eigenvalue weighted by molar-refractivity contribution is -0.161. The van der Waals surface area contributed by atoms with E-state index in [2.05, 4.69) is 86.8 Å². The summed E-state index contributed by atoms with van der Waals surface area (Å²) in [5.74, 6) is -0.633. The molecule has 5 nitrogen and oxygen atoms in total. The van der Waals surface area contributed by atoms with Crippen molar-refractivity contribution in [2.24, 2.45) is 0 Å². The lowest BCUT2D eigenvalue weighted by atomic mass is 10.1. The molecule has 0 bridgehead atoms. The minimum atomic E-state index is -0.793. The van der Waals surface area contributed by atoms with Gasteiger partial charge in [-0.05, 0) is 83.5 Å². The van der Waals surface area contributed by atoms with Crippen LogP contribution in [0.5, 0.6) is 0 Å². The molecule has 0 aliphatic rings. The molecule has 5 heteroatoms. The van der Waals surface area contributed by atoms with Crippen molar-refractivity contribution in [3.8, 4) is 0 Å². The number of carbonyl (C=O) groups is 2. The molecular weight excluding hydrogens is 645 g/mol. The van der Waals surface area contributed by atoms with Gasteiger partial charge in [0.05, 0.1) is 6.61 Å². The SMILES string of the molecule is CC/C=C\C/C=C\C/C=C\C/C=C\C/C=C\CCCCCC(=O)OC(CO)COC(=O)CCCCCCCCCCC/C=C\CCCCCCCC. The maximum absolute atomic E-state index is 12.2. The Labute approximate surface area is 321 Å². The van der Waals surface area contributed by atoms with Gasteiger partial charge in [-0.15, -0.1) is 0 Å². The monoisotopic (exact) mass is 725 g/mol. The van der Waals surface area contributed by atoms with E-state index in [1.54, 1.807) is 0 Å². The zero-order valence-electron chi connectivity index (χ0n) is 33.8. The van der Waals surface area contributed by atoms with Crippen LogP contribution in [0.4, 0.5) is 0 Å². The number of hydrogen-bond acceptors (Lipinski definition) is 5. The van der Waals surface area contributed by atoms with Crippen LogP contribution < -0.4 is 0 Å². The first kappa shape index (κ1) is 49.3. The van der Waals surface area contributed by atoms with Gasteiger partial charge in [0, 0.05) is 12.8 Å². The van der Waals surface area contributed by atoms with Crippen molar-refractivity contribution in [3.63, 3.8) is 0 Å². The molecule has 0 spiro atoms. The fraction of sp³-hybridized carbons (Fsp3) is 0.702. The van der Waals surface area contributed by atoms with E-state index in [0.29, 0.717) is 12.8 Å². The van der Waals surface area contributed by atoms with Crippen molar-refractivity contribution in [2.75, 3.05) is 13.2 Å². The van der Waals surface area contributed by atoms with Gasteiger partial charge in [0.2, 0.25) is 0 Å². The van der Waals surface area contributed by atoms with Gasteiger partial charge < -0.3 is 14.6 Å². The maximum atomic E-state index is 12.2. The van der Waals surface area contributed by atoms with Gasteiger partial charge in [-0.3, -0.25) is 9.59 Å². The minimum Gasteiger partial charge on any atom is -0.462 e. The van der Waals surface area contributed by atoms with Gasteiger partial charge in [0.15, 0.2) is 6.10 Å². The maximum Gasteiger partial charge on any atom is 0.306 e. The third kappa shape index (κ3) is 40.1. The summed E-state index contributed by atoms with van der Waals surface area (Å²) in [4.78, 5) is 24.3. The van der Waals surface area contributed by atoms with E-state index in [1.165, 1.54) is 89.9 Å². The normalized spacial score (nSPS) is 12.9. The van der Waals surface area contributed by atoms with E-state index in [9.17, 15) is 14.7 Å². The molecule has 0 heterocycles. The Morgan fingerprint density at radius 1 is 0.462 bits per heavy atom. The topological polar surface area (TPSA) is 72.8 Å². The standard InChI is InChI=1S/C47H80O5/c1-3-5-7-9-11-13-15-17-19-21-23-25-27-29-31-33-35-37-39-41-46(49)51-44-45(43-48)52-47(50)42-40-38-36-34-32-30-28-26-24-22-20-18-16-14-12-10-8-6-4-2/h6,8,12,14,17-20,24,26,30,32,45,48H,3-5,7,9-11,13,15-16,21-23,25,27-29,31,33-44H2,1-2H3/b8-6-,14-12-,19-17-,20-18-,26-24-,32-30-. The Morgan fingerprint density at radius 2 is 0.827 bits per heavy atom. The van der Waals surface area contributed by atoms with Crippen LogP contribution in [-0.2, 0) is 19.1 Å². The van der Waals surface area contributed by atoms with Crippen LogP contribution in [0.25, 0.3) is 0 Å². The zero-order chi connectivity index (χ0) is 37.8. The van der Waals surface area contributed by atoms with Gasteiger partial charge in [0.1, 0.15) is 6.61 Å². The second-order valence-electron chi connectivity index (χ2n) is 14.0. The van der Waals surface area contributed by atoms with Crippen molar-refractivity contribution in [1.82, 2.24) is 0 Å². The first-order valence-electron chi connectivity index (χ1n) is 21.5. The smallest absolute Gasteiger partial charge is 0.306 e. The fourth-order valence-electron chi connectivity index (χ4n) is 5.75. The van der Waals surface area contributed by atoms with Crippen LogP contribution in [0.1, 0.15) is 194 Å². The molecule has 0 saturated carbocycles. The summed E-state index contributed by atoms with van der Waals surface area (Å²) < 4.78 is 10.6. The van der Waals surface area contributed by atoms with Crippen molar-refractivity contribution in [2.45, 2.75) is 200 Å². The van der Waals surface area contributed by atoms with E-state index < -0.39 is 6.10 Å². The molecule has 52 heavy (non-hydrogen) atoms. The number of esters is 2. The van der Waals surface area contributed by atoms with Crippen molar-refractivity contribution < 1.29 is 24.2 Å². The van der Waals surface area contributed by atoms with Crippen molar-refractivity contribution >= 4 is 11.9 Å². The Morgan fingerprint density at radius 3 is 1.29 bits per heavy atom. The third-order valence-electron chi connectivity index (χ3n) is 8.98. The number of allylic oxidation sites excluding steroid dienone is 12. The van der Waals surface area contributed by atoms with Gasteiger partial charge >= 0.3 is 11.9 Å². The predicted octanol–water partition coefficient (Wildman–Crippen LogP) is 13.7. The highest BCUT2D eigenvalue weighted by atomic mass is 16.6. The highest BCUT2D eigenvalue weighted by molar-refractivity contribution is 5.70. The average Bonchev–Trinajstić information content (AvgIpc) is 3.15. The van der Waals surface area contributed by atoms with E-state index in [1.807, 2.05) is 0 Å². The fourth-order valence-corrected chi connectivity index (χ4v) is 5.75. The molecule has 0 fully saturated rings. The number of aliphatic hydroxyl groups excluding tert-OH is 1. The van der Waals surface area contributed by atoms with Gasteiger partial charge in [-0.2, -0.15) is 0 Å². The van der Waals surface area contributed by atoms with E-state index in [0.717, 1.165) is 77.0 Å². The predicted molar refractivity (Wildman–Crippen MR) is 223 cm³/mol. The zero-order valence-corrected chi connectivity index (χ0v) is 33.8. The van der Waals surface area contributed by atoms with E-state index >= 15 is 0 Å². The average molecular weight is 725 g/mol. The van der Waals surface area contributed by atoms with E-state index in [4.69, 9.17) is 9.47 Å². The summed E-state index contributed by atoms with van der Waals surface area (Å²) in [5.41, 5.74) is 0. The lowest BCUT2D eigenvalue weighted by Crippen LogP contribution is -2.28. The first-order chi connectivity index (χ1) is 25.6. The summed E-state index contributed by atoms with van der Waals surface area (Å²) in [6, 6.07) is 0. The largest absolute Gasteiger partial charge is 0.462 e. The van der Waals surface area contributed by atoms with Crippen LogP contribution in [0, 0.1) is 0 Å². The van der Waals surface area contributed by atoms with Gasteiger partial charge in [0.25, 0.3) is 0 Å². The van der Waals surface area contributed by atoms with Crippen LogP contribution in [0.3, 0.4) is 0 Å². The minimum absolute atomic E-state index is 0.0833. The Hall–Kier alpha value is -2.66. The number of carbonyl (C=O) groups excluding carboxylic acids is 2. The van der Waals surface area contributed by atoms with Crippen LogP contribution in [0.15, 0.2) is 72.9 Å². The Balaban J connectivity index is 3.62. The summed E-state index contributed by atoms with van der Waals surface area (Å²) in [5, 5.41) is 9.58. The van der Waals surface area contributed by atoms with Crippen molar-refractivity contribution in [1.29, 1.82) is 0 Å². The van der Waals surface area contributed by atoms with Crippen LogP contribution in [0.2, 0.25) is 0 Å². The molecule has 0 aromatic carbocycles. The summed E-state index contributed by atoms with van der Waals surface area (Å²) >= 11 is 0. The lowest BCUT2D eigenvalue weighted by Gasteiger charge is -2.15. The quantitative estimate of drug-likeness (QED) is 0.0390. The molecule has 0 radical (unpaired) electrons. The molecule has 1 unspecified atom stereocenters. The van der Waals surface area contributed by atoms with Gasteiger partial charge in [-0.25, -0.2) is 0 Å². The molecule has 0 aromatic heterocycles. The number of ether oxygens (including phenoxy) is 2. The van der Waals surface area contributed by atoms with E-state index in [-0.39, 0.29) is 25.2 Å². The molecule has 0 saturated heterocycles. The van der Waals surface area contributed by atoms with Crippen molar-refractivity contribution in [3.05, 3.63) is 72.9 Å². The molecular formula is C47H80O5. The summed E-state index contributed by atoms with van der Waals surface area (Å²) in [7, 11) is 0. The number of aliphatic hydroxyl groups is 1. The molecule has 1 N–H and O–H groups in total. The second-order valence-corrected chi connectivity index (χ2v) is 14.0. The van der Waals surface area contributed by atoms with Crippen LogP contribution in [-0.4, -0.2) is 36.4 Å². The number of unbranched alkanes of at least 4 members (excludes halogenated alkanes) is 18. The Bertz CT molecular complexity index is 957. The first-order valence-corrected chi connectivity index (χ1v) is 21.5. The summed E-state index contributed by atoms with van der Waals surface area (Å²) in [6.07, 6.45) is 56.8. The molecule has 0 aliphatic carbocycles. The Kier molecular flexibility index (Phi) is 40.6. The molecule has 0 amide bonds. The molecule has 0 aliphatic heterocycles. The highest BCUT2D eigenvalue weighted by Gasteiger charge is 2.16. The van der Waals surface area contributed by atoms with Gasteiger partial charge in [-0.1, -0.05) is 170 Å². The molecule has 0 rings (SSSR count). The number of rotatable bonds is 38. The third-order valence-corrected chi connectivity index (χ3v) is 8.98.